The fraction of sp³-hybridized carbons (Fsp3) is 0.421. The molecule has 25 heavy (non-hydrogen) atoms. The summed E-state index contributed by atoms with van der Waals surface area (Å²) in [7, 11) is 3.53. The highest BCUT2D eigenvalue weighted by Gasteiger charge is 2.07. The highest BCUT2D eigenvalue weighted by atomic mass is 127. The lowest BCUT2D eigenvalue weighted by Gasteiger charge is -2.16. The lowest BCUT2D eigenvalue weighted by atomic mass is 10.1. The Kier molecular flexibility index (Phi) is 10.8. The van der Waals surface area contributed by atoms with Crippen molar-refractivity contribution in [2.45, 2.75) is 26.5 Å². The van der Waals surface area contributed by atoms with Crippen molar-refractivity contribution in [3.8, 4) is 0 Å². The number of rotatable bonds is 8. The van der Waals surface area contributed by atoms with Crippen molar-refractivity contribution in [2.75, 3.05) is 20.7 Å². The van der Waals surface area contributed by atoms with Crippen molar-refractivity contribution in [1.82, 2.24) is 10.6 Å². The van der Waals surface area contributed by atoms with Crippen LogP contribution in [0.1, 0.15) is 22.9 Å². The Bertz CT molecular complexity index is 631. The van der Waals surface area contributed by atoms with Gasteiger partial charge >= 0.3 is 0 Å². The molecule has 0 aliphatic heterocycles. The molecule has 2 aromatic rings. The van der Waals surface area contributed by atoms with Crippen molar-refractivity contribution in [3.05, 3.63) is 57.8 Å². The molecule has 4 nitrogen and oxygen atoms in total. The number of thiophene rings is 1. The maximum absolute atomic E-state index is 5.26. The van der Waals surface area contributed by atoms with Gasteiger partial charge in [-0.15, -0.1) is 35.3 Å². The molecule has 1 aromatic carbocycles. The Morgan fingerprint density at radius 3 is 2.56 bits per heavy atom. The van der Waals surface area contributed by atoms with Crippen LogP contribution in [0.15, 0.2) is 46.8 Å². The van der Waals surface area contributed by atoms with Crippen LogP contribution in [-0.2, 0) is 24.3 Å². The number of ether oxygens (including phenoxy) is 1. The zero-order chi connectivity index (χ0) is 17.2. The van der Waals surface area contributed by atoms with Gasteiger partial charge in [-0.25, -0.2) is 0 Å². The van der Waals surface area contributed by atoms with Crippen LogP contribution in [0.2, 0.25) is 0 Å². The first-order valence-electron chi connectivity index (χ1n) is 8.25. The molecule has 0 fully saturated rings. The molecular formula is C19H28IN3OS. The number of aliphatic imine (C=N–C) groups is 1. The fourth-order valence-electron chi connectivity index (χ4n) is 2.54. The predicted molar refractivity (Wildman–Crippen MR) is 118 cm³/mol. The lowest BCUT2D eigenvalue weighted by molar-refractivity contribution is 0.184. The van der Waals surface area contributed by atoms with Crippen LogP contribution in [0, 0.1) is 5.92 Å². The van der Waals surface area contributed by atoms with Gasteiger partial charge in [0.15, 0.2) is 5.96 Å². The molecule has 2 N–H and O–H groups in total. The lowest BCUT2D eigenvalue weighted by Crippen LogP contribution is -2.39. The standard InChI is InChI=1S/C19H27N3OS.HI/c1-15(11-18-9-6-10-24-18)12-21-19(20-2)22-13-16-7-4-5-8-17(16)14-23-3;/h4-10,15H,11-14H2,1-3H3,(H2,20,21,22);1H. The number of nitrogens with zero attached hydrogens (tertiary/aromatic N) is 1. The average Bonchev–Trinajstić information content (AvgIpc) is 3.09. The van der Waals surface area contributed by atoms with Crippen LogP contribution in [0.3, 0.4) is 0 Å². The highest BCUT2D eigenvalue weighted by molar-refractivity contribution is 14.0. The SMILES string of the molecule is CN=C(NCc1ccccc1COC)NCC(C)Cc1cccs1.I. The number of benzene rings is 1. The summed E-state index contributed by atoms with van der Waals surface area (Å²) in [5.74, 6) is 1.39. The van der Waals surface area contributed by atoms with Crippen molar-refractivity contribution in [1.29, 1.82) is 0 Å². The second kappa shape index (κ2) is 12.3. The number of hydrogen-bond donors (Lipinski definition) is 2. The summed E-state index contributed by atoms with van der Waals surface area (Å²) in [6, 6.07) is 12.6. The van der Waals surface area contributed by atoms with Gasteiger partial charge in [0.1, 0.15) is 0 Å². The van der Waals surface area contributed by atoms with Crippen LogP contribution in [0.25, 0.3) is 0 Å². The zero-order valence-electron chi connectivity index (χ0n) is 15.1. The first-order valence-corrected chi connectivity index (χ1v) is 9.13. The number of methoxy groups -OCH3 is 1. The summed E-state index contributed by atoms with van der Waals surface area (Å²) in [4.78, 5) is 5.74. The van der Waals surface area contributed by atoms with E-state index in [1.54, 1.807) is 14.2 Å². The average molecular weight is 473 g/mol. The van der Waals surface area contributed by atoms with Crippen molar-refractivity contribution < 1.29 is 4.74 Å². The normalized spacial score (nSPS) is 12.4. The van der Waals surface area contributed by atoms with Crippen molar-refractivity contribution >= 4 is 41.3 Å². The van der Waals surface area contributed by atoms with Gasteiger partial charge in [0.05, 0.1) is 6.61 Å². The number of guanidine groups is 1. The molecule has 0 spiro atoms. The molecule has 0 bridgehead atoms. The maximum atomic E-state index is 5.26. The van der Waals surface area contributed by atoms with Crippen LogP contribution >= 0.6 is 35.3 Å². The number of halogens is 1. The zero-order valence-corrected chi connectivity index (χ0v) is 18.3. The Balaban J connectivity index is 0.00000312. The van der Waals surface area contributed by atoms with Crippen LogP contribution in [-0.4, -0.2) is 26.7 Å². The molecular weight excluding hydrogens is 445 g/mol. The van der Waals surface area contributed by atoms with E-state index in [4.69, 9.17) is 4.74 Å². The topological polar surface area (TPSA) is 45.7 Å². The van der Waals surface area contributed by atoms with Crippen molar-refractivity contribution in [3.63, 3.8) is 0 Å². The molecule has 0 amide bonds. The summed E-state index contributed by atoms with van der Waals surface area (Å²) in [5, 5.41) is 8.93. The molecule has 2 rings (SSSR count). The minimum atomic E-state index is 0. The van der Waals surface area contributed by atoms with Gasteiger partial charge in [-0.1, -0.05) is 37.3 Å². The fourth-order valence-corrected chi connectivity index (χ4v) is 3.41. The number of nitrogens with one attached hydrogen (secondary N) is 2. The van der Waals surface area contributed by atoms with E-state index in [0.29, 0.717) is 12.5 Å². The third-order valence-electron chi connectivity index (χ3n) is 3.84. The smallest absolute Gasteiger partial charge is 0.191 e. The third-order valence-corrected chi connectivity index (χ3v) is 4.73. The first-order chi connectivity index (χ1) is 11.7. The van der Waals surface area contributed by atoms with Gasteiger partial charge in [0.25, 0.3) is 0 Å². The van der Waals surface area contributed by atoms with Gasteiger partial charge in [0, 0.05) is 32.1 Å². The van der Waals surface area contributed by atoms with Crippen LogP contribution in [0.5, 0.6) is 0 Å². The third kappa shape index (κ3) is 7.75. The van der Waals surface area contributed by atoms with E-state index in [2.05, 4.69) is 58.3 Å². The van der Waals surface area contributed by atoms with Gasteiger partial charge in [0.2, 0.25) is 0 Å². The summed E-state index contributed by atoms with van der Waals surface area (Å²) < 4.78 is 5.26. The van der Waals surface area contributed by atoms with Crippen molar-refractivity contribution in [2.24, 2.45) is 10.9 Å². The Morgan fingerprint density at radius 1 is 1.16 bits per heavy atom. The molecule has 0 saturated carbocycles. The summed E-state index contributed by atoms with van der Waals surface area (Å²) in [5.41, 5.74) is 2.43. The quantitative estimate of drug-likeness (QED) is 0.346. The molecule has 1 atom stereocenters. The van der Waals surface area contributed by atoms with E-state index in [1.807, 2.05) is 17.4 Å². The van der Waals surface area contributed by atoms with Gasteiger partial charge in [-0.2, -0.15) is 0 Å². The van der Waals surface area contributed by atoms with Crippen LogP contribution in [0.4, 0.5) is 0 Å². The molecule has 0 saturated heterocycles. The van der Waals surface area contributed by atoms with Crippen LogP contribution < -0.4 is 10.6 Å². The minimum Gasteiger partial charge on any atom is -0.380 e. The van der Waals surface area contributed by atoms with E-state index in [9.17, 15) is 0 Å². The Hall–Kier alpha value is -1.12. The molecule has 1 aromatic heterocycles. The summed E-state index contributed by atoms with van der Waals surface area (Å²) in [6.45, 7) is 4.52. The second-order valence-electron chi connectivity index (χ2n) is 5.90. The van der Waals surface area contributed by atoms with E-state index in [1.165, 1.54) is 16.0 Å². The first kappa shape index (κ1) is 21.9. The largest absolute Gasteiger partial charge is 0.380 e. The second-order valence-corrected chi connectivity index (χ2v) is 6.93. The van der Waals surface area contributed by atoms with Gasteiger partial charge < -0.3 is 15.4 Å². The van der Waals surface area contributed by atoms with E-state index in [-0.39, 0.29) is 24.0 Å². The summed E-state index contributed by atoms with van der Waals surface area (Å²) >= 11 is 1.82. The Labute approximate surface area is 172 Å². The maximum Gasteiger partial charge on any atom is 0.191 e. The van der Waals surface area contributed by atoms with Gasteiger partial charge in [-0.3, -0.25) is 4.99 Å². The molecule has 0 aliphatic carbocycles. The molecule has 0 aliphatic rings. The highest BCUT2D eigenvalue weighted by Crippen LogP contribution is 2.14. The molecule has 138 valence electrons. The number of hydrogen-bond acceptors (Lipinski definition) is 3. The molecule has 1 heterocycles. The molecule has 0 radical (unpaired) electrons. The minimum absolute atomic E-state index is 0. The summed E-state index contributed by atoms with van der Waals surface area (Å²) in [6.07, 6.45) is 1.10. The van der Waals surface area contributed by atoms with E-state index >= 15 is 0 Å². The predicted octanol–water partition coefficient (Wildman–Crippen LogP) is 4.06. The Morgan fingerprint density at radius 2 is 1.92 bits per heavy atom. The van der Waals surface area contributed by atoms with E-state index < -0.39 is 0 Å². The monoisotopic (exact) mass is 473 g/mol. The van der Waals surface area contributed by atoms with E-state index in [0.717, 1.165) is 25.5 Å². The molecule has 1 unspecified atom stereocenters. The van der Waals surface area contributed by atoms with Gasteiger partial charge in [-0.05, 0) is 34.9 Å². The molecule has 6 heteroatoms.